The van der Waals surface area contributed by atoms with Gasteiger partial charge in [-0.05, 0) is 44.4 Å². The van der Waals surface area contributed by atoms with Crippen molar-refractivity contribution in [2.75, 3.05) is 24.5 Å². The molecule has 2 unspecified atom stereocenters. The molecule has 2 atom stereocenters. The molecule has 3 heteroatoms. The van der Waals surface area contributed by atoms with E-state index in [4.69, 9.17) is 0 Å². The molecule has 0 aliphatic carbocycles. The van der Waals surface area contributed by atoms with Crippen LogP contribution in [0.25, 0.3) is 0 Å². The molecule has 1 rings (SSSR count). The Morgan fingerprint density at radius 2 is 1.95 bits per heavy atom. The van der Waals surface area contributed by atoms with Crippen LogP contribution >= 0.6 is 0 Å². The summed E-state index contributed by atoms with van der Waals surface area (Å²) in [6.45, 7) is 14.3. The van der Waals surface area contributed by atoms with Crippen LogP contribution in [0.4, 0.5) is 5.82 Å². The number of hydrogen-bond donors (Lipinski definition) is 1. The molecule has 0 amide bonds. The van der Waals surface area contributed by atoms with Crippen LogP contribution in [0.15, 0.2) is 18.3 Å². The summed E-state index contributed by atoms with van der Waals surface area (Å²) in [5.41, 5.74) is 1.27. The van der Waals surface area contributed by atoms with E-state index in [0.717, 1.165) is 31.9 Å². The van der Waals surface area contributed by atoms with Gasteiger partial charge in [0.1, 0.15) is 5.82 Å². The van der Waals surface area contributed by atoms with Gasteiger partial charge in [-0.15, -0.1) is 0 Å². The molecule has 1 N–H and O–H groups in total. The number of hydrogen-bond acceptors (Lipinski definition) is 3. The van der Waals surface area contributed by atoms with E-state index in [9.17, 15) is 0 Å². The largest absolute Gasteiger partial charge is 0.357 e. The summed E-state index contributed by atoms with van der Waals surface area (Å²) in [5, 5.41) is 3.50. The monoisotopic (exact) mass is 277 g/mol. The third-order valence-electron chi connectivity index (χ3n) is 3.91. The van der Waals surface area contributed by atoms with Crippen LogP contribution in [0.3, 0.4) is 0 Å². The summed E-state index contributed by atoms with van der Waals surface area (Å²) in [6, 6.07) is 4.74. The average molecular weight is 277 g/mol. The first-order chi connectivity index (χ1) is 9.62. The number of pyridine rings is 1. The number of anilines is 1. The van der Waals surface area contributed by atoms with Crippen LogP contribution in [0.5, 0.6) is 0 Å². The lowest BCUT2D eigenvalue weighted by Gasteiger charge is -2.25. The Morgan fingerprint density at radius 1 is 1.20 bits per heavy atom. The smallest absolute Gasteiger partial charge is 0.128 e. The minimum Gasteiger partial charge on any atom is -0.357 e. The maximum atomic E-state index is 4.65. The Labute approximate surface area is 124 Å². The van der Waals surface area contributed by atoms with E-state index in [-0.39, 0.29) is 0 Å². The van der Waals surface area contributed by atoms with Gasteiger partial charge in [0, 0.05) is 25.3 Å². The lowest BCUT2D eigenvalue weighted by atomic mass is 10.1. The van der Waals surface area contributed by atoms with Crippen molar-refractivity contribution in [3.05, 3.63) is 23.9 Å². The Balaban J connectivity index is 2.68. The van der Waals surface area contributed by atoms with E-state index >= 15 is 0 Å². The Kier molecular flexibility index (Phi) is 7.60. The van der Waals surface area contributed by atoms with Crippen molar-refractivity contribution in [1.29, 1.82) is 0 Å². The fraction of sp³-hybridized carbons (Fsp3) is 0.706. The molecule has 0 aliphatic heterocycles. The summed E-state index contributed by atoms with van der Waals surface area (Å²) in [5.74, 6) is 1.81. The van der Waals surface area contributed by atoms with Gasteiger partial charge in [0.25, 0.3) is 0 Å². The maximum absolute atomic E-state index is 4.65. The molecule has 0 fully saturated rings. The molecule has 3 nitrogen and oxygen atoms in total. The summed E-state index contributed by atoms with van der Waals surface area (Å²) in [6.07, 6.45) is 4.39. The molecule has 1 heterocycles. The Bertz CT molecular complexity index is 361. The Hall–Kier alpha value is -1.09. The van der Waals surface area contributed by atoms with Crippen molar-refractivity contribution in [2.45, 2.75) is 53.5 Å². The van der Waals surface area contributed by atoms with E-state index in [1.165, 1.54) is 12.0 Å². The normalized spacial score (nSPS) is 14.1. The predicted octanol–water partition coefficient (Wildman–Crippen LogP) is 4.01. The topological polar surface area (TPSA) is 28.2 Å². The second-order valence-corrected chi connectivity index (χ2v) is 5.68. The number of aromatic nitrogens is 1. The quantitative estimate of drug-likeness (QED) is 0.739. The van der Waals surface area contributed by atoms with Gasteiger partial charge in [-0.25, -0.2) is 4.98 Å². The predicted molar refractivity (Wildman–Crippen MR) is 88.3 cm³/mol. The van der Waals surface area contributed by atoms with Crippen LogP contribution < -0.4 is 10.2 Å². The van der Waals surface area contributed by atoms with Crippen LogP contribution in [0.2, 0.25) is 0 Å². The first-order valence-corrected chi connectivity index (χ1v) is 8.06. The standard InChI is InChI=1S/C17H31N3/c1-6-11-18-15(5)16-9-10-17(19-12-16)20(8-3)13-14(4)7-2/h9-10,12,14-15,18H,6-8,11,13H2,1-5H3. The van der Waals surface area contributed by atoms with Gasteiger partial charge in [0.05, 0.1) is 0 Å². The molecule has 0 spiro atoms. The Morgan fingerprint density at radius 3 is 2.45 bits per heavy atom. The van der Waals surface area contributed by atoms with Crippen molar-refractivity contribution < 1.29 is 0 Å². The molecule has 1 aromatic rings. The third kappa shape index (κ3) is 5.12. The van der Waals surface area contributed by atoms with Crippen LogP contribution in [-0.2, 0) is 0 Å². The number of rotatable bonds is 9. The second-order valence-electron chi connectivity index (χ2n) is 5.68. The zero-order valence-corrected chi connectivity index (χ0v) is 13.8. The van der Waals surface area contributed by atoms with Crippen LogP contribution in [0, 0.1) is 5.92 Å². The molecule has 0 saturated carbocycles. The average Bonchev–Trinajstić information content (AvgIpc) is 2.50. The fourth-order valence-electron chi connectivity index (χ4n) is 2.21. The van der Waals surface area contributed by atoms with Crippen LogP contribution in [-0.4, -0.2) is 24.6 Å². The molecule has 0 aliphatic rings. The second kappa shape index (κ2) is 8.96. The van der Waals surface area contributed by atoms with Crippen molar-refractivity contribution in [3.63, 3.8) is 0 Å². The molecule has 0 aromatic carbocycles. The number of nitrogens with one attached hydrogen (secondary N) is 1. The molecule has 0 bridgehead atoms. The minimum atomic E-state index is 0.376. The van der Waals surface area contributed by atoms with Crippen molar-refractivity contribution in [1.82, 2.24) is 10.3 Å². The molecule has 20 heavy (non-hydrogen) atoms. The highest BCUT2D eigenvalue weighted by atomic mass is 15.2. The first kappa shape index (κ1) is 17.0. The highest BCUT2D eigenvalue weighted by molar-refractivity contribution is 5.39. The van der Waals surface area contributed by atoms with E-state index < -0.39 is 0 Å². The molecule has 114 valence electrons. The third-order valence-corrected chi connectivity index (χ3v) is 3.91. The lowest BCUT2D eigenvalue weighted by Crippen LogP contribution is -2.29. The highest BCUT2D eigenvalue weighted by Gasteiger charge is 2.10. The molecular weight excluding hydrogens is 246 g/mol. The van der Waals surface area contributed by atoms with Gasteiger partial charge in [-0.1, -0.05) is 33.3 Å². The maximum Gasteiger partial charge on any atom is 0.128 e. The van der Waals surface area contributed by atoms with E-state index in [1.807, 2.05) is 6.20 Å². The SMILES string of the molecule is CCCNC(C)c1ccc(N(CC)CC(C)CC)nc1. The molecular formula is C17H31N3. The molecule has 0 saturated heterocycles. The van der Waals surface area contributed by atoms with E-state index in [0.29, 0.717) is 12.0 Å². The summed E-state index contributed by atoms with van der Waals surface area (Å²) < 4.78 is 0. The van der Waals surface area contributed by atoms with Gasteiger partial charge < -0.3 is 10.2 Å². The van der Waals surface area contributed by atoms with Gasteiger partial charge in [-0.3, -0.25) is 0 Å². The van der Waals surface area contributed by atoms with Crippen LogP contribution in [0.1, 0.15) is 59.1 Å². The zero-order valence-electron chi connectivity index (χ0n) is 13.8. The van der Waals surface area contributed by atoms with Gasteiger partial charge in [0.2, 0.25) is 0 Å². The summed E-state index contributed by atoms with van der Waals surface area (Å²) >= 11 is 0. The molecule has 0 radical (unpaired) electrons. The number of nitrogens with zero attached hydrogens (tertiary/aromatic N) is 2. The minimum absolute atomic E-state index is 0.376. The van der Waals surface area contributed by atoms with Crippen molar-refractivity contribution in [2.24, 2.45) is 5.92 Å². The first-order valence-electron chi connectivity index (χ1n) is 8.06. The summed E-state index contributed by atoms with van der Waals surface area (Å²) in [4.78, 5) is 7.02. The summed E-state index contributed by atoms with van der Waals surface area (Å²) in [7, 11) is 0. The lowest BCUT2D eigenvalue weighted by molar-refractivity contribution is 0.544. The van der Waals surface area contributed by atoms with Gasteiger partial charge in [0.15, 0.2) is 0 Å². The van der Waals surface area contributed by atoms with Crippen molar-refractivity contribution in [3.8, 4) is 0 Å². The van der Waals surface area contributed by atoms with Crippen molar-refractivity contribution >= 4 is 5.82 Å². The van der Waals surface area contributed by atoms with E-state index in [1.54, 1.807) is 0 Å². The zero-order chi connectivity index (χ0) is 15.0. The van der Waals surface area contributed by atoms with Gasteiger partial charge >= 0.3 is 0 Å². The van der Waals surface area contributed by atoms with Gasteiger partial charge in [-0.2, -0.15) is 0 Å². The fourth-order valence-corrected chi connectivity index (χ4v) is 2.21. The van der Waals surface area contributed by atoms with E-state index in [2.05, 4.69) is 62.0 Å². The molecule has 1 aromatic heterocycles. The highest BCUT2D eigenvalue weighted by Crippen LogP contribution is 2.17.